The highest BCUT2D eigenvalue weighted by Crippen LogP contribution is 2.37. The molecule has 6 heteroatoms. The smallest absolute Gasteiger partial charge is 0.262 e. The van der Waals surface area contributed by atoms with E-state index in [1.807, 2.05) is 34.6 Å². The summed E-state index contributed by atoms with van der Waals surface area (Å²) in [5.74, 6) is 0.00382. The van der Waals surface area contributed by atoms with E-state index in [0.717, 1.165) is 16.7 Å². The number of hydrogen-bond acceptors (Lipinski definition) is 3. The Bertz CT molecular complexity index is 819. The zero-order chi connectivity index (χ0) is 19.6. The molecule has 0 spiro atoms. The van der Waals surface area contributed by atoms with Gasteiger partial charge in [-0.25, -0.2) is 0 Å². The first kappa shape index (κ1) is 20.4. The first-order valence-corrected chi connectivity index (χ1v) is 8.97. The number of phenolic OH excluding ortho intramolecular Hbond substituents is 1. The Morgan fingerprint density at radius 1 is 1.12 bits per heavy atom. The summed E-state index contributed by atoms with van der Waals surface area (Å²) in [5, 5.41) is 13.6. The van der Waals surface area contributed by atoms with Gasteiger partial charge in [0.05, 0.1) is 10.7 Å². The minimum absolute atomic E-state index is 0.161. The lowest BCUT2D eigenvalue weighted by atomic mass is 9.86. The maximum Gasteiger partial charge on any atom is 0.262 e. The van der Waals surface area contributed by atoms with E-state index in [1.54, 1.807) is 24.3 Å². The van der Waals surface area contributed by atoms with E-state index in [9.17, 15) is 9.90 Å². The van der Waals surface area contributed by atoms with Crippen LogP contribution in [0.1, 0.15) is 37.5 Å². The summed E-state index contributed by atoms with van der Waals surface area (Å²) < 4.78 is 5.54. The number of halogens is 2. The summed E-state index contributed by atoms with van der Waals surface area (Å²) in [4.78, 5) is 12.2. The molecule has 2 aromatic rings. The summed E-state index contributed by atoms with van der Waals surface area (Å²) in [7, 11) is 0. The van der Waals surface area contributed by atoms with E-state index in [4.69, 9.17) is 27.9 Å². The molecule has 0 radical (unpaired) electrons. The van der Waals surface area contributed by atoms with Crippen molar-refractivity contribution in [1.82, 2.24) is 0 Å². The SMILES string of the molecule is Cc1cc(OCC(=O)Nc2cc(C(C)(C)C)cc(Cl)c2O)cc(C)c1Cl. The summed E-state index contributed by atoms with van der Waals surface area (Å²) in [5.41, 5.74) is 2.75. The zero-order valence-corrected chi connectivity index (χ0v) is 17.0. The fourth-order valence-corrected chi connectivity index (χ4v) is 2.78. The average Bonchev–Trinajstić information content (AvgIpc) is 2.53. The third kappa shape index (κ3) is 4.83. The van der Waals surface area contributed by atoms with Crippen molar-refractivity contribution in [2.45, 2.75) is 40.0 Å². The van der Waals surface area contributed by atoms with Gasteiger partial charge in [0.25, 0.3) is 5.91 Å². The number of nitrogens with one attached hydrogen (secondary N) is 1. The van der Waals surface area contributed by atoms with E-state index in [0.29, 0.717) is 10.8 Å². The molecule has 2 aromatic carbocycles. The number of carbonyl (C=O) groups is 1. The van der Waals surface area contributed by atoms with E-state index in [-0.39, 0.29) is 28.5 Å². The highest BCUT2D eigenvalue weighted by molar-refractivity contribution is 6.32. The molecule has 0 aliphatic carbocycles. The van der Waals surface area contributed by atoms with Crippen molar-refractivity contribution in [2.75, 3.05) is 11.9 Å². The van der Waals surface area contributed by atoms with Crippen LogP contribution in [0.25, 0.3) is 0 Å². The first-order valence-electron chi connectivity index (χ1n) is 8.21. The fourth-order valence-electron chi connectivity index (χ4n) is 2.45. The Kier molecular flexibility index (Phi) is 6.09. The topological polar surface area (TPSA) is 58.6 Å². The third-order valence-corrected chi connectivity index (χ3v) is 4.87. The van der Waals surface area contributed by atoms with E-state index >= 15 is 0 Å². The Morgan fingerprint density at radius 2 is 1.69 bits per heavy atom. The van der Waals surface area contributed by atoms with Gasteiger partial charge in [-0.3, -0.25) is 4.79 Å². The molecular weight excluding hydrogens is 373 g/mol. The molecule has 0 bridgehead atoms. The minimum atomic E-state index is -0.396. The second-order valence-electron chi connectivity index (χ2n) is 7.31. The molecule has 1 amide bonds. The fraction of sp³-hybridized carbons (Fsp3) is 0.350. The van der Waals surface area contributed by atoms with Gasteiger partial charge in [-0.15, -0.1) is 0 Å². The van der Waals surface area contributed by atoms with Crippen molar-refractivity contribution in [3.8, 4) is 11.5 Å². The van der Waals surface area contributed by atoms with E-state index in [2.05, 4.69) is 5.32 Å². The van der Waals surface area contributed by atoms with Gasteiger partial charge in [0.15, 0.2) is 12.4 Å². The van der Waals surface area contributed by atoms with Crippen LogP contribution in [-0.4, -0.2) is 17.6 Å². The van der Waals surface area contributed by atoms with Gasteiger partial charge in [-0.05, 0) is 60.2 Å². The maximum absolute atomic E-state index is 12.2. The molecular formula is C20H23Cl2NO3. The maximum atomic E-state index is 12.2. The summed E-state index contributed by atoms with van der Waals surface area (Å²) in [6.45, 7) is 9.62. The lowest BCUT2D eigenvalue weighted by Gasteiger charge is -2.21. The molecule has 26 heavy (non-hydrogen) atoms. The van der Waals surface area contributed by atoms with Gasteiger partial charge in [0.2, 0.25) is 0 Å². The van der Waals surface area contributed by atoms with Crippen LogP contribution < -0.4 is 10.1 Å². The summed E-state index contributed by atoms with van der Waals surface area (Å²) in [6, 6.07) is 6.96. The van der Waals surface area contributed by atoms with Crippen LogP contribution in [0.4, 0.5) is 5.69 Å². The molecule has 0 saturated heterocycles. The van der Waals surface area contributed by atoms with Gasteiger partial charge in [0, 0.05) is 5.02 Å². The number of ether oxygens (including phenoxy) is 1. The Balaban J connectivity index is 2.12. The average molecular weight is 396 g/mol. The number of aromatic hydroxyl groups is 1. The molecule has 4 nitrogen and oxygen atoms in total. The number of amides is 1. The monoisotopic (exact) mass is 395 g/mol. The van der Waals surface area contributed by atoms with Crippen molar-refractivity contribution in [1.29, 1.82) is 0 Å². The zero-order valence-electron chi connectivity index (χ0n) is 15.5. The van der Waals surface area contributed by atoms with E-state index in [1.165, 1.54) is 0 Å². The molecule has 0 heterocycles. The standard InChI is InChI=1S/C20H23Cl2NO3/c1-11-6-14(7-12(2)18(11)22)26-10-17(24)23-16-9-13(20(3,4)5)8-15(21)19(16)25/h6-9,25H,10H2,1-5H3,(H,23,24). The lowest BCUT2D eigenvalue weighted by molar-refractivity contribution is -0.118. The number of carbonyl (C=O) groups excluding carboxylic acids is 1. The second-order valence-corrected chi connectivity index (χ2v) is 8.10. The Labute approximate surface area is 164 Å². The van der Waals surface area contributed by atoms with Crippen LogP contribution in [0.5, 0.6) is 11.5 Å². The normalized spacial score (nSPS) is 11.3. The van der Waals surface area contributed by atoms with Crippen LogP contribution in [0, 0.1) is 13.8 Å². The minimum Gasteiger partial charge on any atom is -0.504 e. The Morgan fingerprint density at radius 3 is 2.23 bits per heavy atom. The molecule has 0 aliphatic rings. The van der Waals surface area contributed by atoms with Gasteiger partial charge in [-0.1, -0.05) is 44.0 Å². The van der Waals surface area contributed by atoms with Gasteiger partial charge < -0.3 is 15.2 Å². The molecule has 140 valence electrons. The Hall–Kier alpha value is -1.91. The quantitative estimate of drug-likeness (QED) is 0.659. The van der Waals surface area contributed by atoms with Gasteiger partial charge in [-0.2, -0.15) is 0 Å². The van der Waals surface area contributed by atoms with Crippen molar-refractivity contribution >= 4 is 34.8 Å². The van der Waals surface area contributed by atoms with Crippen LogP contribution in [0.2, 0.25) is 10.0 Å². The molecule has 0 fully saturated rings. The van der Waals surface area contributed by atoms with Crippen LogP contribution in [0.15, 0.2) is 24.3 Å². The molecule has 0 saturated carbocycles. The number of rotatable bonds is 4. The lowest BCUT2D eigenvalue weighted by Crippen LogP contribution is -2.21. The highest BCUT2D eigenvalue weighted by Gasteiger charge is 2.19. The number of benzene rings is 2. The molecule has 0 atom stereocenters. The predicted molar refractivity (Wildman–Crippen MR) is 107 cm³/mol. The van der Waals surface area contributed by atoms with Gasteiger partial charge in [0.1, 0.15) is 5.75 Å². The molecule has 0 aliphatic heterocycles. The van der Waals surface area contributed by atoms with Crippen molar-refractivity contribution < 1.29 is 14.6 Å². The number of hydrogen-bond donors (Lipinski definition) is 2. The van der Waals surface area contributed by atoms with Gasteiger partial charge >= 0.3 is 0 Å². The summed E-state index contributed by atoms with van der Waals surface area (Å²) >= 11 is 12.2. The largest absolute Gasteiger partial charge is 0.504 e. The number of phenols is 1. The van der Waals surface area contributed by atoms with Crippen LogP contribution in [0.3, 0.4) is 0 Å². The second kappa shape index (κ2) is 7.77. The van der Waals surface area contributed by atoms with Crippen molar-refractivity contribution in [2.24, 2.45) is 0 Å². The predicted octanol–water partition coefficient (Wildman–Crippen LogP) is 5.63. The molecule has 0 aromatic heterocycles. The summed E-state index contributed by atoms with van der Waals surface area (Å²) in [6.07, 6.45) is 0. The highest BCUT2D eigenvalue weighted by atomic mass is 35.5. The molecule has 0 unspecified atom stereocenters. The molecule has 2 rings (SSSR count). The van der Waals surface area contributed by atoms with Crippen LogP contribution >= 0.6 is 23.2 Å². The third-order valence-electron chi connectivity index (χ3n) is 3.98. The number of anilines is 1. The van der Waals surface area contributed by atoms with Crippen molar-refractivity contribution in [3.63, 3.8) is 0 Å². The van der Waals surface area contributed by atoms with Crippen LogP contribution in [-0.2, 0) is 10.2 Å². The molecule has 2 N–H and O–H groups in total. The first-order chi connectivity index (χ1) is 12.0. The van der Waals surface area contributed by atoms with E-state index < -0.39 is 5.91 Å². The number of aryl methyl sites for hydroxylation is 2. The van der Waals surface area contributed by atoms with Crippen molar-refractivity contribution in [3.05, 3.63) is 51.0 Å².